The Morgan fingerprint density at radius 1 is 1.11 bits per heavy atom. The zero-order valence-electron chi connectivity index (χ0n) is 4.86. The van der Waals surface area contributed by atoms with E-state index in [-0.39, 0.29) is 0 Å². The van der Waals surface area contributed by atoms with Crippen LogP contribution < -0.4 is 5.32 Å². The van der Waals surface area contributed by atoms with E-state index in [0.717, 1.165) is 0 Å². The lowest BCUT2D eigenvalue weighted by Crippen LogP contribution is -2.18. The summed E-state index contributed by atoms with van der Waals surface area (Å²) in [6.45, 7) is 0.922. The van der Waals surface area contributed by atoms with Crippen LogP contribution in [0.2, 0.25) is 0 Å². The quantitative estimate of drug-likeness (QED) is 0.208. The van der Waals surface area contributed by atoms with Gasteiger partial charge < -0.3 is 15.7 Å². The maximum atomic E-state index is 7.87. The van der Waals surface area contributed by atoms with Gasteiger partial charge in [-0.05, 0) is 0 Å². The Morgan fingerprint density at radius 2 is 1.56 bits per heavy atom. The lowest BCUT2D eigenvalue weighted by molar-refractivity contribution is 0.320. The molecule has 0 aromatic heterocycles. The molecule has 3 N–H and O–H groups in total. The largest absolute Gasteiger partial charge is 0.411 e. The van der Waals surface area contributed by atoms with Gasteiger partial charge >= 0.3 is 0 Å². The molecule has 0 bridgehead atoms. The van der Waals surface area contributed by atoms with E-state index in [0.29, 0.717) is 13.1 Å². The number of hydrogen-bond acceptors (Lipinski definition) is 5. The molecule has 0 spiro atoms. The Morgan fingerprint density at radius 3 is 1.89 bits per heavy atom. The molecule has 5 nitrogen and oxygen atoms in total. The molecule has 0 aliphatic heterocycles. The minimum atomic E-state index is 0.461. The maximum Gasteiger partial charge on any atom is 0.0574 e. The van der Waals surface area contributed by atoms with Crippen molar-refractivity contribution in [3.8, 4) is 0 Å². The number of rotatable bonds is 4. The number of nitrogens with one attached hydrogen (secondary N) is 1. The van der Waals surface area contributed by atoms with Crippen LogP contribution in [0, 0.1) is 0 Å². The summed E-state index contributed by atoms with van der Waals surface area (Å²) in [6, 6.07) is 0. The van der Waals surface area contributed by atoms with Crippen LogP contribution in [0.4, 0.5) is 0 Å². The van der Waals surface area contributed by atoms with E-state index >= 15 is 0 Å². The normalized spacial score (nSPS) is 11.6. The van der Waals surface area contributed by atoms with Crippen molar-refractivity contribution in [1.29, 1.82) is 0 Å². The number of hydrogen-bond donors (Lipinski definition) is 3. The summed E-state index contributed by atoms with van der Waals surface area (Å²) < 4.78 is 0. The SMILES string of the molecule is O/N=C/CNC/C=N/O. The predicted octanol–water partition coefficient (Wildman–Crippen LogP) is -0.504. The van der Waals surface area contributed by atoms with E-state index in [2.05, 4.69) is 15.6 Å². The summed E-state index contributed by atoms with van der Waals surface area (Å²) in [6.07, 6.45) is 2.59. The molecular weight excluding hydrogens is 122 g/mol. The highest BCUT2D eigenvalue weighted by atomic mass is 16.4. The van der Waals surface area contributed by atoms with Crippen molar-refractivity contribution in [2.75, 3.05) is 13.1 Å². The predicted molar refractivity (Wildman–Crippen MR) is 33.4 cm³/mol. The molecule has 0 aliphatic rings. The van der Waals surface area contributed by atoms with Gasteiger partial charge in [-0.1, -0.05) is 0 Å². The van der Waals surface area contributed by atoms with E-state index < -0.39 is 0 Å². The van der Waals surface area contributed by atoms with E-state index in [1.165, 1.54) is 12.4 Å². The zero-order chi connectivity index (χ0) is 6.95. The monoisotopic (exact) mass is 131 g/mol. The first kappa shape index (κ1) is 7.90. The molecule has 0 saturated carbocycles. The smallest absolute Gasteiger partial charge is 0.0574 e. The van der Waals surface area contributed by atoms with Crippen LogP contribution in [0.25, 0.3) is 0 Å². The van der Waals surface area contributed by atoms with Gasteiger partial charge in [-0.3, -0.25) is 0 Å². The Labute approximate surface area is 52.7 Å². The van der Waals surface area contributed by atoms with Gasteiger partial charge in [0.2, 0.25) is 0 Å². The van der Waals surface area contributed by atoms with Gasteiger partial charge in [-0.25, -0.2) is 0 Å². The second kappa shape index (κ2) is 6.90. The zero-order valence-corrected chi connectivity index (χ0v) is 4.86. The summed E-state index contributed by atoms with van der Waals surface area (Å²) in [7, 11) is 0. The fourth-order valence-electron chi connectivity index (χ4n) is 0.294. The molecule has 0 unspecified atom stereocenters. The number of nitrogens with zero attached hydrogens (tertiary/aromatic N) is 2. The van der Waals surface area contributed by atoms with Crippen LogP contribution in [0.1, 0.15) is 0 Å². The Hall–Kier alpha value is -1.10. The third kappa shape index (κ3) is 6.90. The van der Waals surface area contributed by atoms with Crippen LogP contribution in [0.5, 0.6) is 0 Å². The van der Waals surface area contributed by atoms with E-state index in [1.54, 1.807) is 0 Å². The third-order valence-corrected chi connectivity index (χ3v) is 0.635. The van der Waals surface area contributed by atoms with Crippen LogP contribution in [0.15, 0.2) is 10.3 Å². The summed E-state index contributed by atoms with van der Waals surface area (Å²) >= 11 is 0. The molecule has 9 heavy (non-hydrogen) atoms. The second-order valence-corrected chi connectivity index (χ2v) is 1.25. The van der Waals surface area contributed by atoms with Crippen molar-refractivity contribution < 1.29 is 10.4 Å². The van der Waals surface area contributed by atoms with E-state index in [1.807, 2.05) is 0 Å². The van der Waals surface area contributed by atoms with Crippen molar-refractivity contribution >= 4 is 12.4 Å². The first-order valence-corrected chi connectivity index (χ1v) is 2.44. The molecule has 0 aromatic carbocycles. The minimum Gasteiger partial charge on any atom is -0.411 e. The van der Waals surface area contributed by atoms with Gasteiger partial charge in [0.05, 0.1) is 12.4 Å². The van der Waals surface area contributed by atoms with Gasteiger partial charge in [0.25, 0.3) is 0 Å². The summed E-state index contributed by atoms with van der Waals surface area (Å²) in [5, 5.41) is 24.0. The van der Waals surface area contributed by atoms with Gasteiger partial charge in [0.15, 0.2) is 0 Å². The first-order valence-electron chi connectivity index (χ1n) is 2.44. The van der Waals surface area contributed by atoms with Crippen molar-refractivity contribution in [1.82, 2.24) is 5.32 Å². The fraction of sp³-hybridized carbons (Fsp3) is 0.500. The standard InChI is InChI=1S/C4H9N3O2/c8-6-3-1-5-2-4-7-9/h3-5,8-9H,1-2H2/b6-3+,7-4+. The van der Waals surface area contributed by atoms with Gasteiger partial charge in [0, 0.05) is 13.1 Å². The second-order valence-electron chi connectivity index (χ2n) is 1.25. The van der Waals surface area contributed by atoms with Crippen LogP contribution in [0.3, 0.4) is 0 Å². The third-order valence-electron chi connectivity index (χ3n) is 0.635. The van der Waals surface area contributed by atoms with E-state index in [9.17, 15) is 0 Å². The fourth-order valence-corrected chi connectivity index (χ4v) is 0.294. The molecule has 0 atom stereocenters. The highest BCUT2D eigenvalue weighted by molar-refractivity contribution is 5.62. The Bertz CT molecular complexity index is 90.0. The average Bonchev–Trinajstić information content (AvgIpc) is 1.89. The minimum absolute atomic E-state index is 0.461. The van der Waals surface area contributed by atoms with Crippen LogP contribution in [-0.4, -0.2) is 35.9 Å². The topological polar surface area (TPSA) is 77.2 Å². The van der Waals surface area contributed by atoms with Crippen molar-refractivity contribution in [3.63, 3.8) is 0 Å². The van der Waals surface area contributed by atoms with Crippen LogP contribution in [-0.2, 0) is 0 Å². The van der Waals surface area contributed by atoms with Crippen molar-refractivity contribution in [3.05, 3.63) is 0 Å². The Kier molecular flexibility index (Phi) is 6.06. The van der Waals surface area contributed by atoms with Gasteiger partial charge in [0.1, 0.15) is 0 Å². The Balaban J connectivity index is 2.91. The maximum absolute atomic E-state index is 7.87. The molecule has 0 saturated heterocycles. The molecular formula is C4H9N3O2. The molecule has 5 heteroatoms. The van der Waals surface area contributed by atoms with Crippen LogP contribution >= 0.6 is 0 Å². The molecule has 0 rings (SSSR count). The highest BCUT2D eigenvalue weighted by Crippen LogP contribution is 1.54. The summed E-state index contributed by atoms with van der Waals surface area (Å²) in [5.41, 5.74) is 0. The lowest BCUT2D eigenvalue weighted by Gasteiger charge is -1.89. The molecule has 0 radical (unpaired) electrons. The first-order chi connectivity index (χ1) is 4.41. The molecule has 0 heterocycles. The van der Waals surface area contributed by atoms with Crippen molar-refractivity contribution in [2.24, 2.45) is 10.3 Å². The van der Waals surface area contributed by atoms with Gasteiger partial charge in [-0.2, -0.15) is 0 Å². The lowest BCUT2D eigenvalue weighted by atomic mass is 10.6. The van der Waals surface area contributed by atoms with Crippen molar-refractivity contribution in [2.45, 2.75) is 0 Å². The summed E-state index contributed by atoms with van der Waals surface area (Å²) in [4.78, 5) is 0. The van der Waals surface area contributed by atoms with E-state index in [4.69, 9.17) is 10.4 Å². The molecule has 0 aromatic rings. The molecule has 0 amide bonds. The molecule has 0 fully saturated rings. The number of oxime groups is 2. The van der Waals surface area contributed by atoms with Gasteiger partial charge in [-0.15, -0.1) is 10.3 Å². The molecule has 52 valence electrons. The highest BCUT2D eigenvalue weighted by Gasteiger charge is 1.76. The summed E-state index contributed by atoms with van der Waals surface area (Å²) in [5.74, 6) is 0. The average molecular weight is 131 g/mol. The molecule has 0 aliphatic carbocycles.